The van der Waals surface area contributed by atoms with E-state index >= 15 is 0 Å². The molecule has 0 saturated carbocycles. The highest BCUT2D eigenvalue weighted by Crippen LogP contribution is 2.35. The summed E-state index contributed by atoms with van der Waals surface area (Å²) in [5, 5.41) is 10.1. The molecule has 1 N–H and O–H groups in total. The number of imidazole rings is 1. The maximum Gasteiger partial charge on any atom is 0.354 e. The van der Waals surface area contributed by atoms with Crippen LogP contribution in [0.25, 0.3) is 22.8 Å². The molecule has 0 spiro atoms. The van der Waals surface area contributed by atoms with E-state index in [2.05, 4.69) is 15.0 Å². The summed E-state index contributed by atoms with van der Waals surface area (Å²) in [5.41, 5.74) is 2.21. The van der Waals surface area contributed by atoms with Gasteiger partial charge in [-0.05, 0) is 25.0 Å². The summed E-state index contributed by atoms with van der Waals surface area (Å²) in [6, 6.07) is 5.34. The average Bonchev–Trinajstić information content (AvgIpc) is 2.97. The van der Waals surface area contributed by atoms with E-state index in [4.69, 9.17) is 16.3 Å². The Hall–Kier alpha value is -2.93. The van der Waals surface area contributed by atoms with Gasteiger partial charge in [-0.25, -0.2) is 14.8 Å². The van der Waals surface area contributed by atoms with Crippen molar-refractivity contribution < 1.29 is 14.6 Å². The van der Waals surface area contributed by atoms with Crippen LogP contribution in [0.4, 0.5) is 0 Å². The van der Waals surface area contributed by atoms with E-state index in [0.717, 1.165) is 0 Å². The summed E-state index contributed by atoms with van der Waals surface area (Å²) in [4.78, 5) is 25.2. The third-order valence-corrected chi connectivity index (χ3v) is 4.52. The van der Waals surface area contributed by atoms with Crippen LogP contribution in [0.2, 0.25) is 5.02 Å². The fourth-order valence-electron chi connectivity index (χ4n) is 3.10. The molecule has 0 unspecified atom stereocenters. The Bertz CT molecular complexity index is 1030. The van der Waals surface area contributed by atoms with Crippen LogP contribution < -0.4 is 4.74 Å². The number of hydrogen-bond donors (Lipinski definition) is 1. The molecule has 7 nitrogen and oxygen atoms in total. The third-order valence-electron chi connectivity index (χ3n) is 4.21. The molecule has 0 aliphatic carbocycles. The van der Waals surface area contributed by atoms with Crippen molar-refractivity contribution in [2.24, 2.45) is 5.92 Å². The zero-order valence-electron chi connectivity index (χ0n) is 16.1. The molecule has 28 heavy (non-hydrogen) atoms. The van der Waals surface area contributed by atoms with E-state index in [1.807, 2.05) is 13.8 Å². The first-order valence-electron chi connectivity index (χ1n) is 8.79. The predicted octanol–water partition coefficient (Wildman–Crippen LogP) is 4.33. The van der Waals surface area contributed by atoms with Gasteiger partial charge in [0.15, 0.2) is 11.5 Å². The first-order valence-corrected chi connectivity index (χ1v) is 9.17. The zero-order valence-corrected chi connectivity index (χ0v) is 16.9. The lowest BCUT2D eigenvalue weighted by atomic mass is 10.1. The average molecular weight is 401 g/mol. The van der Waals surface area contributed by atoms with Crippen molar-refractivity contribution in [2.45, 2.75) is 27.3 Å². The summed E-state index contributed by atoms with van der Waals surface area (Å²) in [6.45, 7) is 6.21. The molecule has 146 valence electrons. The number of carboxylic acids is 1. The van der Waals surface area contributed by atoms with E-state index in [-0.39, 0.29) is 11.6 Å². The SMILES string of the molecule is COc1cccc(Cl)c1-c1cncc(-c2nc(C)c(C(=O)O)n2CC(C)C)n1. The molecule has 0 amide bonds. The minimum Gasteiger partial charge on any atom is -0.496 e. The molecule has 2 aromatic heterocycles. The summed E-state index contributed by atoms with van der Waals surface area (Å²) in [7, 11) is 1.56. The Labute approximate surface area is 168 Å². The van der Waals surface area contributed by atoms with Crippen LogP contribution in [-0.4, -0.2) is 37.7 Å². The molecule has 0 radical (unpaired) electrons. The zero-order chi connectivity index (χ0) is 20.4. The minimum absolute atomic E-state index is 0.159. The Morgan fingerprint density at radius 2 is 1.96 bits per heavy atom. The Morgan fingerprint density at radius 3 is 2.61 bits per heavy atom. The quantitative estimate of drug-likeness (QED) is 0.662. The maximum atomic E-state index is 11.8. The van der Waals surface area contributed by atoms with E-state index in [0.29, 0.717) is 45.8 Å². The lowest BCUT2D eigenvalue weighted by Crippen LogP contribution is -2.14. The number of hydrogen-bond acceptors (Lipinski definition) is 5. The van der Waals surface area contributed by atoms with Crippen LogP contribution in [0.1, 0.15) is 30.0 Å². The highest BCUT2D eigenvalue weighted by molar-refractivity contribution is 6.33. The lowest BCUT2D eigenvalue weighted by molar-refractivity contribution is 0.0683. The lowest BCUT2D eigenvalue weighted by Gasteiger charge is -2.13. The normalized spacial score (nSPS) is 11.1. The second-order valence-electron chi connectivity index (χ2n) is 6.79. The molecule has 0 saturated heterocycles. The second kappa shape index (κ2) is 7.98. The molecule has 8 heteroatoms. The number of aromatic nitrogens is 4. The van der Waals surface area contributed by atoms with E-state index < -0.39 is 5.97 Å². The first-order chi connectivity index (χ1) is 13.3. The van der Waals surface area contributed by atoms with Crippen LogP contribution >= 0.6 is 11.6 Å². The van der Waals surface area contributed by atoms with Crippen molar-refractivity contribution >= 4 is 17.6 Å². The van der Waals surface area contributed by atoms with E-state index in [1.165, 1.54) is 0 Å². The Morgan fingerprint density at radius 1 is 1.25 bits per heavy atom. The number of nitrogens with zero attached hydrogens (tertiary/aromatic N) is 4. The number of halogens is 1. The molecule has 1 aromatic carbocycles. The number of methoxy groups -OCH3 is 1. The van der Waals surface area contributed by atoms with Crippen molar-refractivity contribution in [1.29, 1.82) is 0 Å². The Kier molecular flexibility index (Phi) is 5.65. The van der Waals surface area contributed by atoms with Crippen LogP contribution in [-0.2, 0) is 6.54 Å². The van der Waals surface area contributed by atoms with E-state index in [9.17, 15) is 9.90 Å². The largest absolute Gasteiger partial charge is 0.496 e. The highest BCUT2D eigenvalue weighted by Gasteiger charge is 2.23. The van der Waals surface area contributed by atoms with Crippen LogP contribution in [0, 0.1) is 12.8 Å². The maximum absolute atomic E-state index is 11.8. The number of ether oxygens (including phenoxy) is 1. The highest BCUT2D eigenvalue weighted by atomic mass is 35.5. The molecular formula is C20H21ClN4O3. The van der Waals surface area contributed by atoms with Gasteiger partial charge in [0, 0.05) is 6.54 Å². The third kappa shape index (κ3) is 3.71. The van der Waals surface area contributed by atoms with Crippen molar-refractivity contribution in [3.63, 3.8) is 0 Å². The van der Waals surface area contributed by atoms with Crippen molar-refractivity contribution in [2.75, 3.05) is 7.11 Å². The standard InChI is InChI=1S/C20H21ClN4O3/c1-11(2)10-25-18(20(26)27)12(3)23-19(25)15-9-22-8-14(24-15)17-13(21)6-5-7-16(17)28-4/h5-9,11H,10H2,1-4H3,(H,26,27). The molecule has 3 rings (SSSR count). The molecular weight excluding hydrogens is 380 g/mol. The number of aryl methyl sites for hydroxylation is 1. The molecule has 0 aliphatic rings. The van der Waals surface area contributed by atoms with Gasteiger partial charge < -0.3 is 14.4 Å². The van der Waals surface area contributed by atoms with Gasteiger partial charge in [0.05, 0.1) is 41.5 Å². The van der Waals surface area contributed by atoms with E-state index in [1.54, 1.807) is 49.2 Å². The summed E-state index contributed by atoms with van der Waals surface area (Å²) in [5.74, 6) is 0.245. The van der Waals surface area contributed by atoms with Crippen LogP contribution in [0.5, 0.6) is 5.75 Å². The molecule has 2 heterocycles. The van der Waals surface area contributed by atoms with Crippen LogP contribution in [0.3, 0.4) is 0 Å². The summed E-state index contributed by atoms with van der Waals surface area (Å²) < 4.78 is 7.09. The molecule has 0 fully saturated rings. The van der Waals surface area contributed by atoms with Gasteiger partial charge >= 0.3 is 5.97 Å². The Balaban J connectivity index is 2.19. The van der Waals surface area contributed by atoms with Gasteiger partial charge in [-0.3, -0.25) is 4.98 Å². The fourth-order valence-corrected chi connectivity index (χ4v) is 3.36. The molecule has 3 aromatic rings. The first kappa shape index (κ1) is 19.8. The van der Waals surface area contributed by atoms with Crippen molar-refractivity contribution in [3.05, 3.63) is 47.0 Å². The van der Waals surface area contributed by atoms with Gasteiger partial charge in [-0.1, -0.05) is 31.5 Å². The van der Waals surface area contributed by atoms with Gasteiger partial charge in [0.25, 0.3) is 0 Å². The number of carboxylic acid groups (broad SMARTS) is 1. The van der Waals surface area contributed by atoms with Gasteiger partial charge in [0.2, 0.25) is 0 Å². The van der Waals surface area contributed by atoms with Crippen LogP contribution in [0.15, 0.2) is 30.6 Å². The van der Waals surface area contributed by atoms with Gasteiger partial charge in [-0.15, -0.1) is 0 Å². The minimum atomic E-state index is -1.02. The monoisotopic (exact) mass is 400 g/mol. The topological polar surface area (TPSA) is 90.1 Å². The van der Waals surface area contributed by atoms with Gasteiger partial charge in [-0.2, -0.15) is 0 Å². The number of benzene rings is 1. The van der Waals surface area contributed by atoms with Gasteiger partial charge in [0.1, 0.15) is 11.4 Å². The molecule has 0 bridgehead atoms. The number of aromatic carboxylic acids is 1. The number of carbonyl (C=O) groups is 1. The fraction of sp³-hybridized carbons (Fsp3) is 0.300. The number of rotatable bonds is 6. The summed E-state index contributed by atoms with van der Waals surface area (Å²) >= 11 is 6.37. The predicted molar refractivity (Wildman–Crippen MR) is 107 cm³/mol. The molecule has 0 atom stereocenters. The summed E-state index contributed by atoms with van der Waals surface area (Å²) in [6.07, 6.45) is 3.16. The van der Waals surface area contributed by atoms with Crippen molar-refractivity contribution in [3.8, 4) is 28.5 Å². The second-order valence-corrected chi connectivity index (χ2v) is 7.19. The molecule has 0 aliphatic heterocycles. The smallest absolute Gasteiger partial charge is 0.354 e. The van der Waals surface area contributed by atoms with Crippen molar-refractivity contribution in [1.82, 2.24) is 19.5 Å².